The molecule has 0 aliphatic carbocycles. The first-order valence-electron chi connectivity index (χ1n) is 5.18. The number of thiophene rings is 1. The molecule has 0 aromatic carbocycles. The summed E-state index contributed by atoms with van der Waals surface area (Å²) in [5.41, 5.74) is 6.31. The number of hydrogen-bond acceptors (Lipinski definition) is 6. The quantitative estimate of drug-likeness (QED) is 0.905. The average molecular weight is 303 g/mol. The zero-order valence-electron chi connectivity index (χ0n) is 9.93. The number of nitrogens with two attached hydrogens (primary N) is 1. The second kappa shape index (κ2) is 4.96. The highest BCUT2D eigenvalue weighted by Crippen LogP contribution is 2.27. The monoisotopic (exact) mass is 303 g/mol. The third-order valence-electron chi connectivity index (χ3n) is 2.35. The van der Waals surface area contributed by atoms with E-state index in [1.54, 1.807) is 12.1 Å². The number of hydrogen-bond donors (Lipinski definition) is 2. The molecule has 0 aliphatic rings. The van der Waals surface area contributed by atoms with Crippen LogP contribution in [0.25, 0.3) is 0 Å². The molecule has 0 atom stereocenters. The topological polar surface area (TPSA) is 85.1 Å². The largest absolute Gasteiger partial charge is 0.326 e. The Morgan fingerprint density at radius 1 is 1.33 bits per heavy atom. The molecule has 3 N–H and O–H groups in total. The highest BCUT2D eigenvalue weighted by Gasteiger charge is 2.18. The number of nitrogens with one attached hydrogen (secondary N) is 1. The summed E-state index contributed by atoms with van der Waals surface area (Å²) in [7, 11) is -3.55. The number of anilines is 1. The summed E-state index contributed by atoms with van der Waals surface area (Å²) in [6, 6.07) is 3.28. The van der Waals surface area contributed by atoms with Crippen LogP contribution in [0.4, 0.5) is 5.13 Å². The van der Waals surface area contributed by atoms with Gasteiger partial charge >= 0.3 is 0 Å². The Morgan fingerprint density at radius 3 is 2.56 bits per heavy atom. The summed E-state index contributed by atoms with van der Waals surface area (Å²) in [4.78, 5) is 5.99. The van der Waals surface area contributed by atoms with Crippen molar-refractivity contribution in [2.45, 2.75) is 24.6 Å². The van der Waals surface area contributed by atoms with Crippen LogP contribution in [-0.2, 0) is 16.6 Å². The van der Waals surface area contributed by atoms with Crippen LogP contribution in [0, 0.1) is 13.8 Å². The van der Waals surface area contributed by atoms with Gasteiger partial charge < -0.3 is 5.73 Å². The maximum Gasteiger partial charge on any atom is 0.273 e. The van der Waals surface area contributed by atoms with Crippen molar-refractivity contribution in [2.24, 2.45) is 5.73 Å². The van der Waals surface area contributed by atoms with Crippen LogP contribution in [0.5, 0.6) is 0 Å². The third-order valence-corrected chi connectivity index (χ3v) is 6.41. The van der Waals surface area contributed by atoms with Gasteiger partial charge in [-0.05, 0) is 26.0 Å². The van der Waals surface area contributed by atoms with Gasteiger partial charge in [-0.3, -0.25) is 4.72 Å². The van der Waals surface area contributed by atoms with E-state index >= 15 is 0 Å². The van der Waals surface area contributed by atoms with E-state index in [2.05, 4.69) is 9.71 Å². The molecule has 0 saturated carbocycles. The molecule has 0 amide bonds. The van der Waals surface area contributed by atoms with Gasteiger partial charge in [0.2, 0.25) is 0 Å². The molecule has 0 unspecified atom stereocenters. The molecule has 2 aromatic heterocycles. The summed E-state index contributed by atoms with van der Waals surface area (Å²) in [5, 5.41) is 0.396. The van der Waals surface area contributed by atoms with Crippen LogP contribution in [0.15, 0.2) is 16.3 Å². The molecule has 2 aromatic rings. The van der Waals surface area contributed by atoms with Crippen molar-refractivity contribution in [1.29, 1.82) is 0 Å². The van der Waals surface area contributed by atoms with Crippen molar-refractivity contribution in [2.75, 3.05) is 4.72 Å². The number of sulfonamides is 1. The van der Waals surface area contributed by atoms with Gasteiger partial charge in [0.05, 0.1) is 5.69 Å². The normalized spacial score (nSPS) is 11.7. The van der Waals surface area contributed by atoms with E-state index in [1.165, 1.54) is 22.7 Å². The van der Waals surface area contributed by atoms with Crippen LogP contribution in [0.1, 0.15) is 15.4 Å². The average Bonchev–Trinajstić information content (AvgIpc) is 2.86. The van der Waals surface area contributed by atoms with Crippen LogP contribution >= 0.6 is 22.7 Å². The predicted molar refractivity (Wildman–Crippen MR) is 74.6 cm³/mol. The van der Waals surface area contributed by atoms with E-state index in [0.29, 0.717) is 11.7 Å². The molecule has 0 aliphatic heterocycles. The van der Waals surface area contributed by atoms with Gasteiger partial charge in [0.1, 0.15) is 4.21 Å². The van der Waals surface area contributed by atoms with Crippen LogP contribution in [0.2, 0.25) is 0 Å². The van der Waals surface area contributed by atoms with Crippen LogP contribution < -0.4 is 10.5 Å². The first kappa shape index (κ1) is 13.5. The predicted octanol–water partition coefficient (Wildman–Crippen LogP) is 2.08. The Labute approximate surface area is 114 Å². The van der Waals surface area contributed by atoms with Crippen molar-refractivity contribution in [3.8, 4) is 0 Å². The second-order valence-electron chi connectivity index (χ2n) is 3.69. The lowest BCUT2D eigenvalue weighted by Crippen LogP contribution is -2.11. The van der Waals surface area contributed by atoms with Crippen molar-refractivity contribution in [1.82, 2.24) is 4.98 Å². The molecular formula is C10H13N3O2S3. The van der Waals surface area contributed by atoms with E-state index in [-0.39, 0.29) is 4.21 Å². The summed E-state index contributed by atoms with van der Waals surface area (Å²) in [5.74, 6) is 0. The van der Waals surface area contributed by atoms with E-state index in [4.69, 9.17) is 5.73 Å². The van der Waals surface area contributed by atoms with E-state index < -0.39 is 10.0 Å². The number of nitrogens with zero attached hydrogens (tertiary/aromatic N) is 1. The minimum atomic E-state index is -3.55. The molecular weight excluding hydrogens is 290 g/mol. The lowest BCUT2D eigenvalue weighted by molar-refractivity contribution is 0.603. The molecule has 0 bridgehead atoms. The minimum absolute atomic E-state index is 0.258. The molecule has 98 valence electrons. The van der Waals surface area contributed by atoms with Crippen molar-refractivity contribution in [3.05, 3.63) is 27.6 Å². The fraction of sp³-hybridized carbons (Fsp3) is 0.300. The Bertz CT molecular complexity index is 638. The lowest BCUT2D eigenvalue weighted by Gasteiger charge is -2.01. The zero-order chi connectivity index (χ0) is 13.3. The molecule has 2 rings (SSSR count). The Morgan fingerprint density at radius 2 is 2.06 bits per heavy atom. The maximum absolute atomic E-state index is 12.1. The number of rotatable bonds is 4. The number of aryl methyl sites for hydroxylation is 2. The molecule has 0 fully saturated rings. The van der Waals surface area contributed by atoms with Crippen molar-refractivity contribution in [3.63, 3.8) is 0 Å². The van der Waals surface area contributed by atoms with Gasteiger partial charge in [0.15, 0.2) is 5.13 Å². The van der Waals surface area contributed by atoms with Gasteiger partial charge in [-0.15, -0.1) is 22.7 Å². The molecule has 5 nitrogen and oxygen atoms in total. The van der Waals surface area contributed by atoms with E-state index in [1.807, 2.05) is 13.8 Å². The first-order chi connectivity index (χ1) is 8.42. The van der Waals surface area contributed by atoms with E-state index in [9.17, 15) is 8.42 Å². The fourth-order valence-corrected chi connectivity index (χ4v) is 4.58. The standard InChI is InChI=1S/C10H13N3O2S3/c1-6-7(2)16-10(12-6)13-18(14,15)9-4-3-8(5-11)17-9/h3-4H,5,11H2,1-2H3,(H,12,13). The van der Waals surface area contributed by atoms with Crippen molar-refractivity contribution >= 4 is 37.8 Å². The molecule has 0 spiro atoms. The Kier molecular flexibility index (Phi) is 3.71. The minimum Gasteiger partial charge on any atom is -0.326 e. The van der Waals surface area contributed by atoms with Gasteiger partial charge in [0, 0.05) is 16.3 Å². The third kappa shape index (κ3) is 2.72. The fourth-order valence-electron chi connectivity index (χ4n) is 1.29. The lowest BCUT2D eigenvalue weighted by atomic mass is 10.4. The smallest absolute Gasteiger partial charge is 0.273 e. The van der Waals surface area contributed by atoms with Gasteiger partial charge in [0.25, 0.3) is 10.0 Å². The van der Waals surface area contributed by atoms with Gasteiger partial charge in [-0.2, -0.15) is 0 Å². The molecule has 2 heterocycles. The van der Waals surface area contributed by atoms with Gasteiger partial charge in [-0.1, -0.05) is 0 Å². The SMILES string of the molecule is Cc1nc(NS(=O)(=O)c2ccc(CN)s2)sc1C. The Balaban J connectivity index is 2.26. The molecule has 0 radical (unpaired) electrons. The molecule has 8 heteroatoms. The summed E-state index contributed by atoms with van der Waals surface area (Å²) in [6.07, 6.45) is 0. The van der Waals surface area contributed by atoms with Gasteiger partial charge in [-0.25, -0.2) is 13.4 Å². The summed E-state index contributed by atoms with van der Waals surface area (Å²) >= 11 is 2.50. The van der Waals surface area contributed by atoms with Crippen LogP contribution in [0.3, 0.4) is 0 Å². The van der Waals surface area contributed by atoms with Crippen molar-refractivity contribution < 1.29 is 8.42 Å². The summed E-state index contributed by atoms with van der Waals surface area (Å²) in [6.45, 7) is 4.10. The molecule has 18 heavy (non-hydrogen) atoms. The number of aromatic nitrogens is 1. The Hall–Kier alpha value is -0.960. The molecule has 0 saturated heterocycles. The van der Waals surface area contributed by atoms with E-state index in [0.717, 1.165) is 15.4 Å². The highest BCUT2D eigenvalue weighted by atomic mass is 32.2. The maximum atomic E-state index is 12.1. The zero-order valence-corrected chi connectivity index (χ0v) is 12.4. The van der Waals surface area contributed by atoms with Crippen LogP contribution in [-0.4, -0.2) is 13.4 Å². The highest BCUT2D eigenvalue weighted by molar-refractivity contribution is 7.94. The summed E-state index contributed by atoms with van der Waals surface area (Å²) < 4.78 is 26.9. The first-order valence-corrected chi connectivity index (χ1v) is 8.29. The number of thiazole rings is 1. The second-order valence-corrected chi connectivity index (χ2v) is 7.97.